The van der Waals surface area contributed by atoms with Gasteiger partial charge in [-0.05, 0) is 35.4 Å². The van der Waals surface area contributed by atoms with Crippen LogP contribution in [0.2, 0.25) is 5.02 Å². The first kappa shape index (κ1) is 27.2. The molecule has 0 bridgehead atoms. The molecule has 0 radical (unpaired) electrons. The molecule has 3 rings (SSSR count). The molecule has 7 nitrogen and oxygen atoms in total. The lowest BCUT2D eigenvalue weighted by Gasteiger charge is -2.33. The fraction of sp³-hybridized carbons (Fsp3) is 0.231. The van der Waals surface area contributed by atoms with E-state index in [1.807, 2.05) is 30.3 Å². The second-order valence-electron chi connectivity index (χ2n) is 8.19. The molecule has 0 aromatic heterocycles. The first-order chi connectivity index (χ1) is 17.1. The Morgan fingerprint density at radius 1 is 0.944 bits per heavy atom. The molecule has 0 aliphatic heterocycles. The first-order valence-corrected chi connectivity index (χ1v) is 13.3. The van der Waals surface area contributed by atoms with Gasteiger partial charge in [0, 0.05) is 20.0 Å². The predicted octanol–water partition coefficient (Wildman–Crippen LogP) is 3.63. The average molecular weight is 532 g/mol. The van der Waals surface area contributed by atoms with Crippen molar-refractivity contribution in [2.45, 2.75) is 19.0 Å². The maximum Gasteiger partial charge on any atom is 0.244 e. The van der Waals surface area contributed by atoms with E-state index in [4.69, 9.17) is 11.6 Å². The van der Waals surface area contributed by atoms with Crippen molar-refractivity contribution < 1.29 is 22.4 Å². The molecule has 3 aromatic carbocycles. The van der Waals surface area contributed by atoms with Gasteiger partial charge in [-0.2, -0.15) is 0 Å². The highest BCUT2D eigenvalue weighted by Crippen LogP contribution is 2.27. The van der Waals surface area contributed by atoms with Gasteiger partial charge in [0.1, 0.15) is 18.4 Å². The van der Waals surface area contributed by atoms with Gasteiger partial charge in [0.25, 0.3) is 0 Å². The normalized spacial score (nSPS) is 12.0. The minimum Gasteiger partial charge on any atom is -0.357 e. The zero-order valence-corrected chi connectivity index (χ0v) is 21.5. The monoisotopic (exact) mass is 531 g/mol. The lowest BCUT2D eigenvalue weighted by Crippen LogP contribution is -2.52. The summed E-state index contributed by atoms with van der Waals surface area (Å²) < 4.78 is 39.8. The molecule has 10 heteroatoms. The summed E-state index contributed by atoms with van der Waals surface area (Å²) in [5.41, 5.74) is 1.54. The number of amides is 2. The largest absolute Gasteiger partial charge is 0.357 e. The Labute approximate surface area is 215 Å². The Balaban J connectivity index is 2.03. The third-order valence-electron chi connectivity index (χ3n) is 5.58. The van der Waals surface area contributed by atoms with Crippen LogP contribution in [0.15, 0.2) is 78.9 Å². The molecular weight excluding hydrogens is 505 g/mol. The summed E-state index contributed by atoms with van der Waals surface area (Å²) in [6.07, 6.45) is 1.17. The predicted molar refractivity (Wildman–Crippen MR) is 139 cm³/mol. The van der Waals surface area contributed by atoms with Crippen molar-refractivity contribution in [2.24, 2.45) is 0 Å². The Kier molecular flexibility index (Phi) is 9.06. The van der Waals surface area contributed by atoms with Crippen LogP contribution >= 0.6 is 11.6 Å². The molecule has 2 amide bonds. The third-order valence-corrected chi connectivity index (χ3v) is 7.03. The van der Waals surface area contributed by atoms with Gasteiger partial charge >= 0.3 is 0 Å². The first-order valence-electron chi connectivity index (χ1n) is 11.1. The number of carbonyl (C=O) groups excluding carboxylic acids is 2. The molecule has 0 aliphatic carbocycles. The molecule has 0 spiro atoms. The van der Waals surface area contributed by atoms with Crippen LogP contribution in [0.4, 0.5) is 10.1 Å². The molecule has 1 N–H and O–H groups in total. The topological polar surface area (TPSA) is 86.8 Å². The summed E-state index contributed by atoms with van der Waals surface area (Å²) >= 11 is 6.24. The molecule has 0 heterocycles. The van der Waals surface area contributed by atoms with E-state index < -0.39 is 40.2 Å². The third kappa shape index (κ3) is 7.05. The van der Waals surface area contributed by atoms with Crippen LogP contribution in [-0.2, 0) is 32.6 Å². The second-order valence-corrected chi connectivity index (χ2v) is 10.5. The summed E-state index contributed by atoms with van der Waals surface area (Å²) in [5.74, 6) is -1.47. The number of halogens is 2. The van der Waals surface area contributed by atoms with Gasteiger partial charge in [-0.25, -0.2) is 12.8 Å². The van der Waals surface area contributed by atoms with Crippen molar-refractivity contribution in [3.05, 3.63) is 101 Å². The molecule has 0 unspecified atom stereocenters. The standard InChI is InChI=1S/C26H27ClFN3O4S/c1-29-26(33)24(16-19-8-4-3-5-9-19)30(17-20-12-14-21(28)15-13-20)25(32)18-31(36(2,34)35)23-11-7-6-10-22(23)27/h3-15,24H,16-18H2,1-2H3,(H,29,33)/t24-/m0/s1. The molecular formula is C26H27ClFN3O4S. The number of hydrogen-bond donors (Lipinski definition) is 1. The quantitative estimate of drug-likeness (QED) is 0.433. The Bertz CT molecular complexity index is 1300. The Hall–Kier alpha value is -3.43. The van der Waals surface area contributed by atoms with Crippen LogP contribution in [0.3, 0.4) is 0 Å². The number of likely N-dealkylation sites (N-methyl/N-ethyl adjacent to an activating group) is 1. The number of benzene rings is 3. The Morgan fingerprint density at radius 3 is 2.14 bits per heavy atom. The van der Waals surface area contributed by atoms with Crippen molar-refractivity contribution in [3.8, 4) is 0 Å². The number of nitrogens with zero attached hydrogens (tertiary/aromatic N) is 2. The number of nitrogens with one attached hydrogen (secondary N) is 1. The number of carbonyl (C=O) groups is 2. The second kappa shape index (κ2) is 12.0. The summed E-state index contributed by atoms with van der Waals surface area (Å²) in [6.45, 7) is -0.615. The van der Waals surface area contributed by atoms with E-state index in [0.29, 0.717) is 5.56 Å². The van der Waals surface area contributed by atoms with Crippen molar-refractivity contribution in [3.63, 3.8) is 0 Å². The summed E-state index contributed by atoms with van der Waals surface area (Å²) in [6, 6.07) is 20.0. The zero-order chi connectivity index (χ0) is 26.3. The molecule has 190 valence electrons. The lowest BCUT2D eigenvalue weighted by atomic mass is 10.0. The average Bonchev–Trinajstić information content (AvgIpc) is 2.85. The van der Waals surface area contributed by atoms with Gasteiger partial charge in [0.05, 0.1) is 17.0 Å². The number of rotatable bonds is 10. The van der Waals surface area contributed by atoms with Crippen LogP contribution in [0, 0.1) is 5.82 Å². The van der Waals surface area contributed by atoms with Crippen LogP contribution in [0.1, 0.15) is 11.1 Å². The zero-order valence-electron chi connectivity index (χ0n) is 19.9. The fourth-order valence-corrected chi connectivity index (χ4v) is 4.91. The lowest BCUT2D eigenvalue weighted by molar-refractivity contribution is -0.139. The maximum absolute atomic E-state index is 13.7. The maximum atomic E-state index is 13.7. The number of para-hydroxylation sites is 1. The highest BCUT2D eigenvalue weighted by Gasteiger charge is 2.33. The summed E-state index contributed by atoms with van der Waals surface area (Å²) in [4.78, 5) is 28.0. The van der Waals surface area contributed by atoms with E-state index in [9.17, 15) is 22.4 Å². The summed E-state index contributed by atoms with van der Waals surface area (Å²) in [7, 11) is -2.44. The van der Waals surface area contributed by atoms with Crippen molar-refractivity contribution >= 4 is 39.1 Å². The van der Waals surface area contributed by atoms with Gasteiger partial charge in [0.2, 0.25) is 21.8 Å². The van der Waals surface area contributed by atoms with Gasteiger partial charge in [0.15, 0.2) is 0 Å². The van der Waals surface area contributed by atoms with Gasteiger partial charge in [-0.3, -0.25) is 13.9 Å². The highest BCUT2D eigenvalue weighted by atomic mass is 35.5. The van der Waals surface area contributed by atoms with Crippen LogP contribution in [0.5, 0.6) is 0 Å². The van der Waals surface area contributed by atoms with Crippen LogP contribution < -0.4 is 9.62 Å². The van der Waals surface area contributed by atoms with E-state index in [-0.39, 0.29) is 23.7 Å². The molecule has 0 saturated carbocycles. The molecule has 3 aromatic rings. The van der Waals surface area contributed by atoms with Crippen molar-refractivity contribution in [1.82, 2.24) is 10.2 Å². The minimum atomic E-state index is -3.91. The van der Waals surface area contributed by atoms with Crippen LogP contribution in [0.25, 0.3) is 0 Å². The fourth-order valence-electron chi connectivity index (χ4n) is 3.76. The van der Waals surface area contributed by atoms with E-state index in [0.717, 1.165) is 16.1 Å². The molecule has 0 fully saturated rings. The molecule has 1 atom stereocenters. The Morgan fingerprint density at radius 2 is 1.56 bits per heavy atom. The van der Waals surface area contributed by atoms with Gasteiger partial charge in [-0.15, -0.1) is 0 Å². The SMILES string of the molecule is CNC(=O)[C@H](Cc1ccccc1)N(Cc1ccc(F)cc1)C(=O)CN(c1ccccc1Cl)S(C)(=O)=O. The van der Waals surface area contributed by atoms with E-state index >= 15 is 0 Å². The smallest absolute Gasteiger partial charge is 0.244 e. The van der Waals surface area contributed by atoms with Crippen LogP contribution in [-0.4, -0.2) is 51.0 Å². The molecule has 0 aliphatic rings. The minimum absolute atomic E-state index is 0.0375. The van der Waals surface area contributed by atoms with Gasteiger partial charge in [-0.1, -0.05) is 66.2 Å². The molecule has 36 heavy (non-hydrogen) atoms. The molecule has 0 saturated heterocycles. The highest BCUT2D eigenvalue weighted by molar-refractivity contribution is 7.92. The van der Waals surface area contributed by atoms with E-state index in [1.54, 1.807) is 12.1 Å². The van der Waals surface area contributed by atoms with Crippen molar-refractivity contribution in [2.75, 3.05) is 24.2 Å². The van der Waals surface area contributed by atoms with Gasteiger partial charge < -0.3 is 10.2 Å². The van der Waals surface area contributed by atoms with Crippen molar-refractivity contribution in [1.29, 1.82) is 0 Å². The number of sulfonamides is 1. The van der Waals surface area contributed by atoms with E-state index in [2.05, 4.69) is 5.32 Å². The number of hydrogen-bond acceptors (Lipinski definition) is 4. The summed E-state index contributed by atoms with van der Waals surface area (Å²) in [5, 5.41) is 2.75. The van der Waals surface area contributed by atoms with E-state index in [1.165, 1.54) is 48.3 Å². The number of anilines is 1.